The fourth-order valence-corrected chi connectivity index (χ4v) is 2.63. The zero-order chi connectivity index (χ0) is 15.7. The van der Waals surface area contributed by atoms with E-state index in [0.29, 0.717) is 0 Å². The second-order valence-electron chi connectivity index (χ2n) is 6.63. The molecule has 0 aliphatic carbocycles. The minimum atomic E-state index is -4.25. The van der Waals surface area contributed by atoms with Crippen molar-refractivity contribution in [2.24, 2.45) is 0 Å². The van der Waals surface area contributed by atoms with E-state index in [9.17, 15) is 13.2 Å². The summed E-state index contributed by atoms with van der Waals surface area (Å²) in [5, 5.41) is 0. The average Bonchev–Trinajstić information content (AvgIpc) is 2.38. The van der Waals surface area contributed by atoms with Crippen LogP contribution in [0.15, 0.2) is 24.3 Å². The fraction of sp³-hybridized carbons (Fsp3) is 0.625. The van der Waals surface area contributed by atoms with Gasteiger partial charge in [0.15, 0.2) is 0 Å². The van der Waals surface area contributed by atoms with Gasteiger partial charge in [0.25, 0.3) is 0 Å². The van der Waals surface area contributed by atoms with E-state index < -0.39 is 11.7 Å². The third kappa shape index (κ3) is 4.45. The van der Waals surface area contributed by atoms with Crippen molar-refractivity contribution in [2.75, 3.05) is 26.2 Å². The van der Waals surface area contributed by atoms with Gasteiger partial charge in [0.1, 0.15) is 0 Å². The molecule has 21 heavy (non-hydrogen) atoms. The number of hydrogen-bond donors (Lipinski definition) is 0. The van der Waals surface area contributed by atoms with Gasteiger partial charge in [-0.15, -0.1) is 0 Å². The van der Waals surface area contributed by atoms with Crippen LogP contribution in [-0.2, 0) is 12.7 Å². The van der Waals surface area contributed by atoms with Crippen molar-refractivity contribution >= 4 is 0 Å². The van der Waals surface area contributed by atoms with E-state index in [-0.39, 0.29) is 5.54 Å². The van der Waals surface area contributed by atoms with Gasteiger partial charge in [-0.1, -0.05) is 12.1 Å². The molecule has 1 aliphatic heterocycles. The van der Waals surface area contributed by atoms with Gasteiger partial charge in [-0.3, -0.25) is 9.80 Å². The van der Waals surface area contributed by atoms with Gasteiger partial charge in [0.2, 0.25) is 0 Å². The van der Waals surface area contributed by atoms with Crippen molar-refractivity contribution in [1.82, 2.24) is 9.80 Å². The van der Waals surface area contributed by atoms with Crippen LogP contribution >= 0.6 is 0 Å². The average molecular weight is 300 g/mol. The standard InChI is InChI=1S/C16H23F3N2/c1-15(2,3)21-10-8-20(9-11-21)12-13-4-6-14(7-5-13)16(17,18)19/h4-7H,8-12H2,1-3H3. The highest BCUT2D eigenvalue weighted by Crippen LogP contribution is 2.29. The molecular formula is C16H23F3N2. The van der Waals surface area contributed by atoms with Gasteiger partial charge < -0.3 is 0 Å². The Morgan fingerprint density at radius 1 is 0.905 bits per heavy atom. The summed E-state index contributed by atoms with van der Waals surface area (Å²) in [6, 6.07) is 5.50. The van der Waals surface area contributed by atoms with Gasteiger partial charge in [-0.05, 0) is 38.5 Å². The SMILES string of the molecule is CC(C)(C)N1CCN(Cc2ccc(C(F)(F)F)cc2)CC1. The molecule has 0 unspecified atom stereocenters. The molecular weight excluding hydrogens is 277 g/mol. The van der Waals surface area contributed by atoms with Crippen LogP contribution in [-0.4, -0.2) is 41.5 Å². The normalized spacial score (nSPS) is 19.0. The molecule has 0 saturated carbocycles. The van der Waals surface area contributed by atoms with Gasteiger partial charge in [0, 0.05) is 38.3 Å². The number of halogens is 3. The molecule has 0 amide bonds. The van der Waals surface area contributed by atoms with Crippen LogP contribution in [0.5, 0.6) is 0 Å². The van der Waals surface area contributed by atoms with Gasteiger partial charge in [-0.25, -0.2) is 0 Å². The van der Waals surface area contributed by atoms with Crippen LogP contribution in [0, 0.1) is 0 Å². The quantitative estimate of drug-likeness (QED) is 0.823. The first kappa shape index (κ1) is 16.3. The Bertz CT molecular complexity index is 452. The molecule has 1 aromatic carbocycles. The van der Waals surface area contributed by atoms with Crippen LogP contribution in [0.2, 0.25) is 0 Å². The van der Waals surface area contributed by atoms with Crippen LogP contribution in [0.25, 0.3) is 0 Å². The highest BCUT2D eigenvalue weighted by Gasteiger charge is 2.30. The van der Waals surface area contributed by atoms with E-state index in [1.165, 1.54) is 12.1 Å². The molecule has 118 valence electrons. The third-order valence-electron chi connectivity index (χ3n) is 4.01. The lowest BCUT2D eigenvalue weighted by Gasteiger charge is -2.42. The Kier molecular flexibility index (Phi) is 4.63. The Hall–Kier alpha value is -1.07. The number of piperazine rings is 1. The molecule has 1 aromatic rings. The summed E-state index contributed by atoms with van der Waals surface area (Å²) in [7, 11) is 0. The van der Waals surface area contributed by atoms with Crippen molar-refractivity contribution in [3.05, 3.63) is 35.4 Å². The molecule has 0 spiro atoms. The first-order valence-electron chi connectivity index (χ1n) is 7.30. The number of hydrogen-bond acceptors (Lipinski definition) is 2. The summed E-state index contributed by atoms with van der Waals surface area (Å²) in [5.41, 5.74) is 0.538. The van der Waals surface area contributed by atoms with Gasteiger partial charge in [-0.2, -0.15) is 13.2 Å². The minimum absolute atomic E-state index is 0.181. The smallest absolute Gasteiger partial charge is 0.297 e. The van der Waals surface area contributed by atoms with Crippen LogP contribution in [0.1, 0.15) is 31.9 Å². The predicted octanol–water partition coefficient (Wildman–Crippen LogP) is 3.62. The van der Waals surface area contributed by atoms with Crippen LogP contribution < -0.4 is 0 Å². The number of nitrogens with zero attached hydrogens (tertiary/aromatic N) is 2. The first-order valence-corrected chi connectivity index (χ1v) is 7.30. The monoisotopic (exact) mass is 300 g/mol. The lowest BCUT2D eigenvalue weighted by molar-refractivity contribution is -0.137. The maximum atomic E-state index is 12.5. The Balaban J connectivity index is 1.89. The fourth-order valence-electron chi connectivity index (χ4n) is 2.63. The van der Waals surface area contributed by atoms with E-state index in [2.05, 4.69) is 30.6 Å². The summed E-state index contributed by atoms with van der Waals surface area (Å²) in [4.78, 5) is 4.74. The Morgan fingerprint density at radius 2 is 1.43 bits per heavy atom. The molecule has 1 aliphatic rings. The molecule has 0 radical (unpaired) electrons. The van der Waals surface area contributed by atoms with Gasteiger partial charge in [0.05, 0.1) is 5.56 Å². The summed E-state index contributed by atoms with van der Waals surface area (Å²) >= 11 is 0. The molecule has 0 N–H and O–H groups in total. The molecule has 0 aromatic heterocycles. The molecule has 1 saturated heterocycles. The second kappa shape index (κ2) is 5.97. The van der Waals surface area contributed by atoms with Crippen molar-refractivity contribution in [2.45, 2.75) is 39.0 Å². The maximum absolute atomic E-state index is 12.5. The topological polar surface area (TPSA) is 6.48 Å². The van der Waals surface area contributed by atoms with Crippen LogP contribution in [0.4, 0.5) is 13.2 Å². The number of alkyl halides is 3. The van der Waals surface area contributed by atoms with E-state index in [4.69, 9.17) is 0 Å². The summed E-state index contributed by atoms with van der Waals surface area (Å²) in [6.45, 7) is 11.3. The predicted molar refractivity (Wildman–Crippen MR) is 78.0 cm³/mol. The minimum Gasteiger partial charge on any atom is -0.297 e. The summed E-state index contributed by atoms with van der Waals surface area (Å²) in [5.74, 6) is 0. The lowest BCUT2D eigenvalue weighted by Crippen LogP contribution is -2.53. The van der Waals surface area contributed by atoms with Crippen molar-refractivity contribution in [1.29, 1.82) is 0 Å². The molecule has 1 fully saturated rings. The molecule has 1 heterocycles. The third-order valence-corrected chi connectivity index (χ3v) is 4.01. The van der Waals surface area contributed by atoms with Crippen molar-refractivity contribution < 1.29 is 13.2 Å². The maximum Gasteiger partial charge on any atom is 0.416 e. The Morgan fingerprint density at radius 3 is 1.86 bits per heavy atom. The van der Waals surface area contributed by atoms with Crippen molar-refractivity contribution in [3.8, 4) is 0 Å². The summed E-state index contributed by atoms with van der Waals surface area (Å²) < 4.78 is 37.6. The zero-order valence-electron chi connectivity index (χ0n) is 12.9. The molecule has 5 heteroatoms. The second-order valence-corrected chi connectivity index (χ2v) is 6.63. The van der Waals surface area contributed by atoms with E-state index in [1.807, 2.05) is 0 Å². The molecule has 0 bridgehead atoms. The van der Waals surface area contributed by atoms with Crippen LogP contribution in [0.3, 0.4) is 0 Å². The first-order chi connectivity index (χ1) is 9.66. The Labute approximate surface area is 124 Å². The van der Waals surface area contributed by atoms with Crippen molar-refractivity contribution in [3.63, 3.8) is 0 Å². The number of benzene rings is 1. The molecule has 2 rings (SSSR count). The van der Waals surface area contributed by atoms with Gasteiger partial charge >= 0.3 is 6.18 Å². The van der Waals surface area contributed by atoms with E-state index >= 15 is 0 Å². The number of rotatable bonds is 2. The molecule has 2 nitrogen and oxygen atoms in total. The highest BCUT2D eigenvalue weighted by atomic mass is 19.4. The largest absolute Gasteiger partial charge is 0.416 e. The molecule has 0 atom stereocenters. The zero-order valence-corrected chi connectivity index (χ0v) is 12.9. The van der Waals surface area contributed by atoms with E-state index in [0.717, 1.165) is 38.3 Å². The summed E-state index contributed by atoms with van der Waals surface area (Å²) in [6.07, 6.45) is -4.25. The lowest BCUT2D eigenvalue weighted by atomic mass is 10.0. The van der Waals surface area contributed by atoms with E-state index in [1.54, 1.807) is 12.1 Å². The highest BCUT2D eigenvalue weighted by molar-refractivity contribution is 5.24.